The van der Waals surface area contributed by atoms with E-state index >= 15 is 0 Å². The van der Waals surface area contributed by atoms with Crippen molar-refractivity contribution in [2.24, 2.45) is 0 Å². The van der Waals surface area contributed by atoms with E-state index in [1.807, 2.05) is 0 Å². The van der Waals surface area contributed by atoms with Gasteiger partial charge in [0.15, 0.2) is 0 Å². The van der Waals surface area contributed by atoms with Gasteiger partial charge in [0, 0.05) is 23.2 Å². The minimum Gasteiger partial charge on any atom is -0.480 e. The largest absolute Gasteiger partial charge is 0.480 e. The van der Waals surface area contributed by atoms with E-state index in [9.17, 15) is 27.5 Å². The SMILES string of the molecule is Cc1cc(-c2nc(-c3ccc(CNC(C)(C)C(=O)O)c(F)c3)no2)ccc1-c1ccccc1C(F)(F)F. The zero-order chi connectivity index (χ0) is 27.0. The molecule has 0 unspecified atom stereocenters. The molecule has 0 spiro atoms. The second kappa shape index (κ2) is 9.78. The Hall–Kier alpha value is -4.05. The molecule has 0 atom stereocenters. The van der Waals surface area contributed by atoms with Gasteiger partial charge in [-0.25, -0.2) is 4.39 Å². The summed E-state index contributed by atoms with van der Waals surface area (Å²) in [5, 5.41) is 15.9. The van der Waals surface area contributed by atoms with Crippen LogP contribution in [0.1, 0.15) is 30.5 Å². The van der Waals surface area contributed by atoms with Gasteiger partial charge in [-0.2, -0.15) is 18.2 Å². The van der Waals surface area contributed by atoms with Crippen molar-refractivity contribution >= 4 is 5.97 Å². The topological polar surface area (TPSA) is 88.2 Å². The number of rotatable bonds is 7. The Bertz CT molecular complexity index is 1460. The molecule has 0 radical (unpaired) electrons. The first-order valence-corrected chi connectivity index (χ1v) is 11.3. The molecule has 4 aromatic rings. The van der Waals surface area contributed by atoms with E-state index in [0.717, 1.165) is 6.07 Å². The Labute approximate surface area is 210 Å². The molecule has 6 nitrogen and oxygen atoms in total. The second-order valence-electron chi connectivity index (χ2n) is 9.09. The molecule has 0 bridgehead atoms. The van der Waals surface area contributed by atoms with Crippen molar-refractivity contribution in [1.29, 1.82) is 0 Å². The first-order valence-electron chi connectivity index (χ1n) is 11.3. The quantitative estimate of drug-likeness (QED) is 0.275. The van der Waals surface area contributed by atoms with Crippen LogP contribution in [-0.2, 0) is 17.5 Å². The number of aromatic nitrogens is 2. The molecule has 10 heteroatoms. The standard InChI is InChI=1S/C27H23F4N3O3/c1-15-12-17(10-11-19(15)20-6-4-5-7-21(20)27(29,30)31)24-33-23(34-37-24)16-8-9-18(22(28)13-16)14-32-26(2,3)25(35)36/h4-13,32H,14H2,1-3H3,(H,35,36). The van der Waals surface area contributed by atoms with Crippen LogP contribution < -0.4 is 5.32 Å². The summed E-state index contributed by atoms with van der Waals surface area (Å²) in [5.74, 6) is -1.37. The van der Waals surface area contributed by atoms with Crippen LogP contribution in [-0.4, -0.2) is 26.8 Å². The van der Waals surface area contributed by atoms with Crippen LogP contribution >= 0.6 is 0 Å². The number of carbonyl (C=O) groups is 1. The smallest absolute Gasteiger partial charge is 0.417 e. The Morgan fingerprint density at radius 1 is 1.00 bits per heavy atom. The zero-order valence-electron chi connectivity index (χ0n) is 20.2. The van der Waals surface area contributed by atoms with Gasteiger partial charge < -0.3 is 9.63 Å². The van der Waals surface area contributed by atoms with Crippen LogP contribution in [0.15, 0.2) is 65.2 Å². The van der Waals surface area contributed by atoms with Gasteiger partial charge in [-0.05, 0) is 61.7 Å². The van der Waals surface area contributed by atoms with Crippen molar-refractivity contribution in [1.82, 2.24) is 15.5 Å². The maximum Gasteiger partial charge on any atom is 0.417 e. The number of aryl methyl sites for hydroxylation is 1. The molecule has 2 N–H and O–H groups in total. The lowest BCUT2D eigenvalue weighted by Gasteiger charge is -2.21. The average molecular weight is 513 g/mol. The van der Waals surface area contributed by atoms with Gasteiger partial charge in [0.1, 0.15) is 11.4 Å². The number of aliphatic carboxylic acids is 1. The van der Waals surface area contributed by atoms with Crippen LogP contribution in [0.25, 0.3) is 34.0 Å². The Morgan fingerprint density at radius 3 is 2.35 bits per heavy atom. The summed E-state index contributed by atoms with van der Waals surface area (Å²) in [6.07, 6.45) is -4.49. The van der Waals surface area contributed by atoms with E-state index in [4.69, 9.17) is 4.52 Å². The Kier molecular flexibility index (Phi) is 6.88. The van der Waals surface area contributed by atoms with Crippen molar-refractivity contribution in [2.45, 2.75) is 39.0 Å². The number of hydrogen-bond acceptors (Lipinski definition) is 5. The van der Waals surface area contributed by atoms with Gasteiger partial charge in [0.05, 0.1) is 5.56 Å². The summed E-state index contributed by atoms with van der Waals surface area (Å²) in [7, 11) is 0. The van der Waals surface area contributed by atoms with Crippen LogP contribution in [0.2, 0.25) is 0 Å². The highest BCUT2D eigenvalue weighted by Crippen LogP contribution is 2.38. The molecule has 0 amide bonds. The predicted octanol–water partition coefficient (Wildman–Crippen LogP) is 6.49. The molecule has 0 saturated carbocycles. The Morgan fingerprint density at radius 2 is 1.70 bits per heavy atom. The van der Waals surface area contributed by atoms with Crippen molar-refractivity contribution in [3.05, 3.63) is 83.2 Å². The number of hydrogen-bond donors (Lipinski definition) is 2. The third kappa shape index (κ3) is 5.54. The van der Waals surface area contributed by atoms with E-state index in [1.165, 1.54) is 38.1 Å². The maximum atomic E-state index is 14.7. The number of carboxylic acids is 1. The van der Waals surface area contributed by atoms with Crippen molar-refractivity contribution < 1.29 is 32.0 Å². The predicted molar refractivity (Wildman–Crippen MR) is 129 cm³/mol. The molecule has 0 fully saturated rings. The fourth-order valence-electron chi connectivity index (χ4n) is 3.74. The van der Waals surface area contributed by atoms with Crippen LogP contribution in [0, 0.1) is 12.7 Å². The van der Waals surface area contributed by atoms with E-state index in [2.05, 4.69) is 15.5 Å². The summed E-state index contributed by atoms with van der Waals surface area (Å²) in [6.45, 7) is 4.65. The number of alkyl halides is 3. The van der Waals surface area contributed by atoms with E-state index in [-0.39, 0.29) is 29.4 Å². The van der Waals surface area contributed by atoms with E-state index < -0.39 is 29.1 Å². The molecule has 4 rings (SSSR count). The average Bonchev–Trinajstić information content (AvgIpc) is 3.33. The summed E-state index contributed by atoms with van der Waals surface area (Å²) in [6, 6.07) is 14.5. The highest BCUT2D eigenvalue weighted by Gasteiger charge is 2.33. The van der Waals surface area contributed by atoms with E-state index in [0.29, 0.717) is 22.3 Å². The van der Waals surface area contributed by atoms with Gasteiger partial charge >= 0.3 is 12.1 Å². The number of benzene rings is 3. The molecule has 0 aliphatic carbocycles. The fraction of sp³-hybridized carbons (Fsp3) is 0.222. The van der Waals surface area contributed by atoms with Gasteiger partial charge in [-0.1, -0.05) is 41.6 Å². The summed E-state index contributed by atoms with van der Waals surface area (Å²) < 4.78 is 60.4. The van der Waals surface area contributed by atoms with Gasteiger partial charge in [-0.15, -0.1) is 0 Å². The first kappa shape index (κ1) is 26.0. The number of halogens is 4. The van der Waals surface area contributed by atoms with Crippen molar-refractivity contribution in [3.8, 4) is 34.0 Å². The normalized spacial score (nSPS) is 12.1. The summed E-state index contributed by atoms with van der Waals surface area (Å²) in [4.78, 5) is 15.5. The third-order valence-corrected chi connectivity index (χ3v) is 5.99. The lowest BCUT2D eigenvalue weighted by Crippen LogP contribution is -2.46. The second-order valence-corrected chi connectivity index (χ2v) is 9.09. The highest BCUT2D eigenvalue weighted by atomic mass is 19.4. The molecule has 37 heavy (non-hydrogen) atoms. The molecule has 192 valence electrons. The van der Waals surface area contributed by atoms with Crippen LogP contribution in [0.3, 0.4) is 0 Å². The molecular formula is C27H23F4N3O3. The van der Waals surface area contributed by atoms with Crippen LogP contribution in [0.4, 0.5) is 17.6 Å². The minimum absolute atomic E-state index is 0.00595. The molecule has 0 saturated heterocycles. The number of nitrogens with zero attached hydrogens (tertiary/aromatic N) is 2. The van der Waals surface area contributed by atoms with Crippen molar-refractivity contribution in [3.63, 3.8) is 0 Å². The molecule has 1 aromatic heterocycles. The molecule has 1 heterocycles. The third-order valence-electron chi connectivity index (χ3n) is 5.99. The molecule has 0 aliphatic heterocycles. The summed E-state index contributed by atoms with van der Waals surface area (Å²) in [5.41, 5.74) is 0.251. The van der Waals surface area contributed by atoms with Gasteiger partial charge in [0.2, 0.25) is 5.82 Å². The lowest BCUT2D eigenvalue weighted by molar-refractivity contribution is -0.143. The zero-order valence-corrected chi connectivity index (χ0v) is 20.2. The minimum atomic E-state index is -4.49. The fourth-order valence-corrected chi connectivity index (χ4v) is 3.74. The van der Waals surface area contributed by atoms with Crippen molar-refractivity contribution in [2.75, 3.05) is 0 Å². The summed E-state index contributed by atoms with van der Waals surface area (Å²) >= 11 is 0. The van der Waals surface area contributed by atoms with Crippen LogP contribution in [0.5, 0.6) is 0 Å². The molecule has 0 aliphatic rings. The molecular weight excluding hydrogens is 490 g/mol. The first-order chi connectivity index (χ1) is 17.4. The van der Waals surface area contributed by atoms with Gasteiger partial charge in [-0.3, -0.25) is 10.1 Å². The molecule has 3 aromatic carbocycles. The Balaban J connectivity index is 1.57. The monoisotopic (exact) mass is 513 g/mol. The number of carboxylic acid groups (broad SMARTS) is 1. The maximum absolute atomic E-state index is 14.7. The van der Waals surface area contributed by atoms with E-state index in [1.54, 1.807) is 37.3 Å². The highest BCUT2D eigenvalue weighted by molar-refractivity contribution is 5.77. The number of nitrogens with one attached hydrogen (secondary N) is 1. The van der Waals surface area contributed by atoms with Gasteiger partial charge in [0.25, 0.3) is 5.89 Å². The lowest BCUT2D eigenvalue weighted by atomic mass is 9.94.